The van der Waals surface area contributed by atoms with Crippen LogP contribution in [0.2, 0.25) is 0 Å². The molecule has 1 saturated heterocycles. The maximum Gasteiger partial charge on any atom is 0.243 e. The molecule has 0 unspecified atom stereocenters. The minimum Gasteiger partial charge on any atom is -0.351 e. The van der Waals surface area contributed by atoms with Crippen LogP contribution in [-0.4, -0.2) is 42.5 Å². The third-order valence-electron chi connectivity index (χ3n) is 2.15. The van der Waals surface area contributed by atoms with Crippen LogP contribution in [-0.2, 0) is 9.59 Å². The van der Waals surface area contributed by atoms with Crippen LogP contribution in [0.5, 0.6) is 0 Å². The van der Waals surface area contributed by atoms with Crippen molar-refractivity contribution in [2.75, 3.05) is 13.1 Å². The lowest BCUT2D eigenvalue weighted by molar-refractivity contribution is -0.130. The van der Waals surface area contributed by atoms with Crippen LogP contribution >= 0.6 is 0 Å². The zero-order valence-corrected chi connectivity index (χ0v) is 7.78. The lowest BCUT2D eigenvalue weighted by Gasteiger charge is -2.17. The third kappa shape index (κ3) is 2.31. The van der Waals surface area contributed by atoms with Crippen molar-refractivity contribution < 1.29 is 14.0 Å². The molecule has 2 amide bonds. The van der Waals surface area contributed by atoms with Gasteiger partial charge >= 0.3 is 0 Å². The predicted molar refractivity (Wildman–Crippen MR) is 49.3 cm³/mol. The Kier molecular flexibility index (Phi) is 3.62. The summed E-state index contributed by atoms with van der Waals surface area (Å²) in [7, 11) is 0. The molecule has 0 aromatic rings. The van der Waals surface area contributed by atoms with E-state index in [1.54, 1.807) is 0 Å². The number of nitrogens with one attached hydrogen (secondary N) is 1. The molecule has 0 aliphatic carbocycles. The Labute approximate surface area is 81.8 Å². The van der Waals surface area contributed by atoms with Gasteiger partial charge in [0.25, 0.3) is 0 Å². The second-order valence-corrected chi connectivity index (χ2v) is 3.18. The van der Waals surface area contributed by atoms with E-state index in [4.69, 9.17) is 0 Å². The molecule has 5 heteroatoms. The number of hydrogen-bond acceptors (Lipinski definition) is 2. The molecule has 78 valence electrons. The minimum atomic E-state index is -1.10. The molecule has 1 aliphatic rings. The molecule has 2 atom stereocenters. The number of halogens is 1. The van der Waals surface area contributed by atoms with E-state index in [9.17, 15) is 14.0 Å². The van der Waals surface area contributed by atoms with Gasteiger partial charge in [-0.15, -0.1) is 6.58 Å². The van der Waals surface area contributed by atoms with E-state index in [2.05, 4.69) is 11.9 Å². The molecule has 0 radical (unpaired) electrons. The fraction of sp³-hybridized carbons (Fsp3) is 0.556. The average Bonchev–Trinajstić information content (AvgIpc) is 2.56. The van der Waals surface area contributed by atoms with Crippen molar-refractivity contribution in [2.24, 2.45) is 0 Å². The number of amides is 2. The van der Waals surface area contributed by atoms with Crippen LogP contribution in [0.15, 0.2) is 12.7 Å². The summed E-state index contributed by atoms with van der Waals surface area (Å²) in [5, 5.41) is 2.53. The summed E-state index contributed by atoms with van der Waals surface area (Å²) in [5.74, 6) is -0.322. The van der Waals surface area contributed by atoms with Crippen LogP contribution in [0.4, 0.5) is 4.39 Å². The predicted octanol–water partition coefficient (Wildman–Crippen LogP) is -0.143. The van der Waals surface area contributed by atoms with E-state index < -0.39 is 12.2 Å². The van der Waals surface area contributed by atoms with Gasteiger partial charge in [-0.1, -0.05) is 6.08 Å². The van der Waals surface area contributed by atoms with Crippen molar-refractivity contribution in [1.82, 2.24) is 10.2 Å². The summed E-state index contributed by atoms with van der Waals surface area (Å²) < 4.78 is 12.9. The largest absolute Gasteiger partial charge is 0.351 e. The summed E-state index contributed by atoms with van der Waals surface area (Å²) in [6.45, 7) is 3.78. The Hall–Kier alpha value is -1.39. The van der Waals surface area contributed by atoms with Crippen LogP contribution in [0, 0.1) is 0 Å². The number of carbonyl (C=O) groups excluding carboxylic acids is 2. The van der Waals surface area contributed by atoms with Gasteiger partial charge < -0.3 is 10.2 Å². The molecular formula is C9H13FN2O2. The van der Waals surface area contributed by atoms with Gasteiger partial charge in [0.05, 0.1) is 6.54 Å². The molecule has 0 spiro atoms. The van der Waals surface area contributed by atoms with Crippen molar-refractivity contribution >= 4 is 12.3 Å². The zero-order valence-electron chi connectivity index (χ0n) is 7.78. The highest BCUT2D eigenvalue weighted by molar-refractivity contribution is 5.84. The summed E-state index contributed by atoms with van der Waals surface area (Å²) in [4.78, 5) is 23.1. The van der Waals surface area contributed by atoms with Gasteiger partial charge in [0.1, 0.15) is 12.2 Å². The quantitative estimate of drug-likeness (QED) is 0.507. The fourth-order valence-corrected chi connectivity index (χ4v) is 1.47. The first-order valence-electron chi connectivity index (χ1n) is 4.42. The molecule has 1 N–H and O–H groups in total. The Morgan fingerprint density at radius 1 is 1.71 bits per heavy atom. The van der Waals surface area contributed by atoms with E-state index in [-0.39, 0.29) is 18.9 Å². The van der Waals surface area contributed by atoms with E-state index in [0.29, 0.717) is 13.0 Å². The highest BCUT2D eigenvalue weighted by Gasteiger charge is 2.35. The standard InChI is InChI=1S/C9H13FN2O2/c1-2-3-11-9(14)8-4-7(10)5-12(8)6-13/h2,6-8H,1,3-5H2,(H,11,14)/t7-,8-/m0/s1. The Balaban J connectivity index is 2.52. The molecule has 4 nitrogen and oxygen atoms in total. The fourth-order valence-electron chi connectivity index (χ4n) is 1.47. The molecule has 0 aromatic carbocycles. The maximum atomic E-state index is 12.9. The van der Waals surface area contributed by atoms with E-state index in [0.717, 1.165) is 0 Å². The van der Waals surface area contributed by atoms with Crippen molar-refractivity contribution in [3.8, 4) is 0 Å². The van der Waals surface area contributed by atoms with Gasteiger partial charge in [0.15, 0.2) is 0 Å². The molecule has 1 rings (SSSR count). The van der Waals surface area contributed by atoms with Gasteiger partial charge in [0, 0.05) is 13.0 Å². The molecule has 1 heterocycles. The topological polar surface area (TPSA) is 49.4 Å². The Morgan fingerprint density at radius 3 is 3.00 bits per heavy atom. The van der Waals surface area contributed by atoms with Gasteiger partial charge in [0.2, 0.25) is 12.3 Å². The van der Waals surface area contributed by atoms with Crippen molar-refractivity contribution in [2.45, 2.75) is 18.6 Å². The van der Waals surface area contributed by atoms with E-state index in [1.165, 1.54) is 11.0 Å². The van der Waals surface area contributed by atoms with Crippen LogP contribution in [0.25, 0.3) is 0 Å². The van der Waals surface area contributed by atoms with E-state index in [1.807, 2.05) is 0 Å². The Morgan fingerprint density at radius 2 is 2.43 bits per heavy atom. The summed E-state index contributed by atoms with van der Waals surface area (Å²) in [6, 6.07) is -0.664. The first-order valence-corrected chi connectivity index (χ1v) is 4.42. The van der Waals surface area contributed by atoms with E-state index >= 15 is 0 Å². The number of hydrogen-bond donors (Lipinski definition) is 1. The first-order chi connectivity index (χ1) is 6.69. The third-order valence-corrected chi connectivity index (χ3v) is 2.15. The Bertz CT molecular complexity index is 245. The smallest absolute Gasteiger partial charge is 0.243 e. The average molecular weight is 200 g/mol. The minimum absolute atomic E-state index is 0.00960. The normalized spacial score (nSPS) is 25.9. The van der Waals surface area contributed by atoms with Crippen LogP contribution < -0.4 is 5.32 Å². The van der Waals surface area contributed by atoms with Crippen molar-refractivity contribution in [3.63, 3.8) is 0 Å². The van der Waals surface area contributed by atoms with Gasteiger partial charge in [-0.2, -0.15) is 0 Å². The number of likely N-dealkylation sites (tertiary alicyclic amines) is 1. The maximum absolute atomic E-state index is 12.9. The summed E-state index contributed by atoms with van der Waals surface area (Å²) in [5.41, 5.74) is 0. The number of carbonyl (C=O) groups is 2. The summed E-state index contributed by atoms with van der Waals surface area (Å²) in [6.07, 6.45) is 1.03. The molecule has 0 aromatic heterocycles. The molecule has 14 heavy (non-hydrogen) atoms. The SMILES string of the molecule is C=CCNC(=O)[C@@H]1C[C@H](F)CN1C=O. The van der Waals surface area contributed by atoms with Gasteiger partial charge in [-0.05, 0) is 0 Å². The molecule has 1 fully saturated rings. The monoisotopic (exact) mass is 200 g/mol. The second kappa shape index (κ2) is 4.74. The lowest BCUT2D eigenvalue weighted by atomic mass is 10.2. The number of rotatable bonds is 4. The second-order valence-electron chi connectivity index (χ2n) is 3.18. The molecule has 0 saturated carbocycles. The highest BCUT2D eigenvalue weighted by Crippen LogP contribution is 2.18. The number of nitrogens with zero attached hydrogens (tertiary/aromatic N) is 1. The van der Waals surface area contributed by atoms with Gasteiger partial charge in [-0.25, -0.2) is 4.39 Å². The lowest BCUT2D eigenvalue weighted by Crippen LogP contribution is -2.42. The molecule has 0 bridgehead atoms. The number of alkyl halides is 1. The highest BCUT2D eigenvalue weighted by atomic mass is 19.1. The van der Waals surface area contributed by atoms with Crippen molar-refractivity contribution in [3.05, 3.63) is 12.7 Å². The zero-order chi connectivity index (χ0) is 10.6. The molecule has 1 aliphatic heterocycles. The van der Waals surface area contributed by atoms with Crippen LogP contribution in [0.1, 0.15) is 6.42 Å². The van der Waals surface area contributed by atoms with Crippen molar-refractivity contribution in [1.29, 1.82) is 0 Å². The van der Waals surface area contributed by atoms with Crippen LogP contribution in [0.3, 0.4) is 0 Å². The van der Waals surface area contributed by atoms with Gasteiger partial charge in [-0.3, -0.25) is 9.59 Å². The molecular weight excluding hydrogens is 187 g/mol. The summed E-state index contributed by atoms with van der Waals surface area (Å²) >= 11 is 0. The first kappa shape index (κ1) is 10.7.